The molecule has 0 bridgehead atoms. The fraction of sp³-hybridized carbons (Fsp3) is 0.389. The molecule has 1 saturated heterocycles. The molecule has 2 aromatic rings. The van der Waals surface area contributed by atoms with Gasteiger partial charge >= 0.3 is 0 Å². The number of rotatable bonds is 7. The van der Waals surface area contributed by atoms with Crippen molar-refractivity contribution in [2.45, 2.75) is 18.6 Å². The summed E-state index contributed by atoms with van der Waals surface area (Å²) < 4.78 is 26.2. The minimum atomic E-state index is -1.05. The van der Waals surface area contributed by atoms with Crippen molar-refractivity contribution in [1.82, 2.24) is 14.5 Å². The van der Waals surface area contributed by atoms with Crippen LogP contribution in [0.1, 0.15) is 6.42 Å². The number of carbonyl (C=O) groups is 2. The molecule has 2 amide bonds. The zero-order valence-electron chi connectivity index (χ0n) is 14.7. The van der Waals surface area contributed by atoms with Gasteiger partial charge in [-0.3, -0.25) is 9.59 Å². The van der Waals surface area contributed by atoms with Crippen LogP contribution in [0.2, 0.25) is 0 Å². The Balaban J connectivity index is 1.69. The highest BCUT2D eigenvalue weighted by molar-refractivity contribution is 5.77. The first-order valence-corrected chi connectivity index (χ1v) is 8.50. The van der Waals surface area contributed by atoms with E-state index in [0.717, 1.165) is 0 Å². The number of hydrogen-bond donors (Lipinski definition) is 1. The maximum Gasteiger partial charge on any atom is 0.242 e. The second-order valence-corrected chi connectivity index (χ2v) is 6.47. The Bertz CT molecular complexity index is 781. The van der Waals surface area contributed by atoms with E-state index in [1.165, 1.54) is 24.3 Å². The Kier molecular flexibility index (Phi) is 5.70. The van der Waals surface area contributed by atoms with Gasteiger partial charge in [-0.05, 0) is 24.3 Å². The maximum absolute atomic E-state index is 13.0. The van der Waals surface area contributed by atoms with Crippen molar-refractivity contribution in [3.05, 3.63) is 48.8 Å². The quantitative estimate of drug-likeness (QED) is 0.762. The van der Waals surface area contributed by atoms with Gasteiger partial charge in [-0.1, -0.05) is 0 Å². The minimum Gasteiger partial charge on any atom is -0.490 e. The highest BCUT2D eigenvalue weighted by atomic mass is 19.1. The van der Waals surface area contributed by atoms with Gasteiger partial charge in [0.05, 0.1) is 25.9 Å². The van der Waals surface area contributed by atoms with E-state index >= 15 is 0 Å². The molecular weight excluding hydrogens is 355 g/mol. The van der Waals surface area contributed by atoms with Crippen LogP contribution in [0.3, 0.4) is 0 Å². The number of carbonyl (C=O) groups excluding carboxylic acids is 2. The van der Waals surface area contributed by atoms with Crippen LogP contribution in [0.25, 0.3) is 0 Å². The second-order valence-electron chi connectivity index (χ2n) is 6.47. The SMILES string of the molecule is NC(=O)CC1(COc2ccc(F)cc2)CN(C(=O)Cn2ccnc2)CCO1. The molecule has 1 aromatic carbocycles. The molecule has 1 aliphatic rings. The third kappa shape index (κ3) is 5.04. The van der Waals surface area contributed by atoms with Crippen LogP contribution in [0.15, 0.2) is 43.0 Å². The van der Waals surface area contributed by atoms with Gasteiger partial charge in [-0.15, -0.1) is 0 Å². The summed E-state index contributed by atoms with van der Waals surface area (Å²) >= 11 is 0. The number of benzene rings is 1. The first kappa shape index (κ1) is 18.8. The largest absolute Gasteiger partial charge is 0.490 e. The van der Waals surface area contributed by atoms with Crippen molar-refractivity contribution in [2.24, 2.45) is 5.73 Å². The summed E-state index contributed by atoms with van der Waals surface area (Å²) in [5.41, 5.74) is 4.34. The second kappa shape index (κ2) is 8.17. The molecule has 1 aliphatic heterocycles. The number of hydrogen-bond acceptors (Lipinski definition) is 5. The average Bonchev–Trinajstić information content (AvgIpc) is 3.14. The van der Waals surface area contributed by atoms with E-state index in [1.807, 2.05) is 0 Å². The fourth-order valence-corrected chi connectivity index (χ4v) is 3.00. The van der Waals surface area contributed by atoms with Crippen molar-refractivity contribution < 1.29 is 23.5 Å². The lowest BCUT2D eigenvalue weighted by molar-refractivity contribution is -0.162. The molecule has 1 unspecified atom stereocenters. The van der Waals surface area contributed by atoms with Gasteiger partial charge < -0.3 is 24.7 Å². The van der Waals surface area contributed by atoms with Crippen LogP contribution in [-0.2, 0) is 20.9 Å². The Morgan fingerprint density at radius 2 is 2.11 bits per heavy atom. The Morgan fingerprint density at radius 3 is 2.78 bits per heavy atom. The molecule has 0 saturated carbocycles. The van der Waals surface area contributed by atoms with E-state index in [9.17, 15) is 14.0 Å². The van der Waals surface area contributed by atoms with Crippen molar-refractivity contribution >= 4 is 11.8 Å². The highest BCUT2D eigenvalue weighted by Crippen LogP contribution is 2.24. The van der Waals surface area contributed by atoms with Gasteiger partial charge in [-0.25, -0.2) is 9.37 Å². The predicted molar refractivity (Wildman–Crippen MR) is 93.2 cm³/mol. The van der Waals surface area contributed by atoms with E-state index in [1.54, 1.807) is 28.2 Å². The zero-order valence-corrected chi connectivity index (χ0v) is 14.7. The molecule has 2 heterocycles. The summed E-state index contributed by atoms with van der Waals surface area (Å²) in [4.78, 5) is 29.7. The summed E-state index contributed by atoms with van der Waals surface area (Å²) in [5, 5.41) is 0. The first-order valence-electron chi connectivity index (χ1n) is 8.50. The summed E-state index contributed by atoms with van der Waals surface area (Å²) in [6.45, 7) is 0.993. The number of ether oxygens (including phenoxy) is 2. The fourth-order valence-electron chi connectivity index (χ4n) is 3.00. The summed E-state index contributed by atoms with van der Waals surface area (Å²) in [5.74, 6) is -0.612. The van der Waals surface area contributed by atoms with E-state index in [-0.39, 0.29) is 44.4 Å². The first-order chi connectivity index (χ1) is 13.0. The molecule has 27 heavy (non-hydrogen) atoms. The molecule has 0 spiro atoms. The lowest BCUT2D eigenvalue weighted by Gasteiger charge is -2.42. The van der Waals surface area contributed by atoms with Gasteiger partial charge in [0.25, 0.3) is 0 Å². The van der Waals surface area contributed by atoms with Crippen LogP contribution in [-0.4, -0.2) is 58.2 Å². The van der Waals surface area contributed by atoms with Crippen molar-refractivity contribution in [3.8, 4) is 5.75 Å². The van der Waals surface area contributed by atoms with E-state index < -0.39 is 11.5 Å². The summed E-state index contributed by atoms with van der Waals surface area (Å²) in [7, 11) is 0. The van der Waals surface area contributed by atoms with Gasteiger partial charge in [0, 0.05) is 18.9 Å². The Hall–Kier alpha value is -2.94. The third-order valence-corrected chi connectivity index (χ3v) is 4.29. The Labute approximate surface area is 155 Å². The molecule has 2 N–H and O–H groups in total. The zero-order chi connectivity index (χ0) is 19.3. The molecule has 3 rings (SSSR count). The molecule has 1 fully saturated rings. The van der Waals surface area contributed by atoms with Gasteiger partial charge in [0.15, 0.2) is 0 Å². The summed E-state index contributed by atoms with van der Waals surface area (Å²) in [6.07, 6.45) is 4.77. The number of imidazole rings is 1. The Morgan fingerprint density at radius 1 is 1.33 bits per heavy atom. The molecule has 0 radical (unpaired) electrons. The van der Waals surface area contributed by atoms with Crippen LogP contribution in [0.5, 0.6) is 5.75 Å². The molecule has 144 valence electrons. The van der Waals surface area contributed by atoms with E-state index in [0.29, 0.717) is 12.3 Å². The van der Waals surface area contributed by atoms with Crippen molar-refractivity contribution in [3.63, 3.8) is 0 Å². The molecular formula is C18H21FN4O4. The van der Waals surface area contributed by atoms with Gasteiger partial charge in [0.2, 0.25) is 11.8 Å². The van der Waals surface area contributed by atoms with Crippen LogP contribution < -0.4 is 10.5 Å². The number of primary amides is 1. The molecule has 9 heteroatoms. The minimum absolute atomic E-state index is 0.0103. The number of nitrogens with two attached hydrogens (primary N) is 1. The summed E-state index contributed by atoms with van der Waals surface area (Å²) in [6, 6.07) is 5.52. The van der Waals surface area contributed by atoms with Gasteiger partial charge in [-0.2, -0.15) is 0 Å². The van der Waals surface area contributed by atoms with Crippen molar-refractivity contribution in [1.29, 1.82) is 0 Å². The number of aromatic nitrogens is 2. The average molecular weight is 376 g/mol. The predicted octanol–water partition coefficient (Wildman–Crippen LogP) is 0.574. The smallest absolute Gasteiger partial charge is 0.242 e. The maximum atomic E-state index is 13.0. The molecule has 0 aliphatic carbocycles. The topological polar surface area (TPSA) is 99.7 Å². The normalized spacial score (nSPS) is 19.7. The van der Waals surface area contributed by atoms with Crippen molar-refractivity contribution in [2.75, 3.05) is 26.3 Å². The molecule has 1 atom stereocenters. The standard InChI is InChI=1S/C18H21FN4O4/c19-14-1-3-15(4-2-14)26-12-18(9-16(20)24)11-23(7-8-27-18)17(25)10-22-6-5-21-13-22/h1-6,13H,7-12H2,(H2,20,24). The van der Waals surface area contributed by atoms with Crippen LogP contribution in [0, 0.1) is 5.82 Å². The van der Waals surface area contributed by atoms with E-state index in [2.05, 4.69) is 4.98 Å². The number of amides is 2. The van der Waals surface area contributed by atoms with Crippen LogP contribution in [0.4, 0.5) is 4.39 Å². The van der Waals surface area contributed by atoms with E-state index in [4.69, 9.17) is 15.2 Å². The molecule has 1 aromatic heterocycles. The lowest BCUT2D eigenvalue weighted by Crippen LogP contribution is -2.58. The van der Waals surface area contributed by atoms with Gasteiger partial charge in [0.1, 0.15) is 30.3 Å². The lowest BCUT2D eigenvalue weighted by atomic mass is 9.97. The number of nitrogens with zero attached hydrogens (tertiary/aromatic N) is 3. The van der Waals surface area contributed by atoms with Crippen LogP contribution >= 0.6 is 0 Å². The monoisotopic (exact) mass is 376 g/mol. The number of halogens is 1. The number of morpholine rings is 1. The third-order valence-electron chi connectivity index (χ3n) is 4.29. The highest BCUT2D eigenvalue weighted by Gasteiger charge is 2.40. The molecule has 8 nitrogen and oxygen atoms in total.